The van der Waals surface area contributed by atoms with Crippen molar-refractivity contribution in [2.24, 2.45) is 0 Å². The third-order valence-electron chi connectivity index (χ3n) is 2.05. The van der Waals surface area contributed by atoms with Gasteiger partial charge in [-0.1, -0.05) is 17.9 Å². The molecule has 0 atom stereocenters. The Kier molecular flexibility index (Phi) is 5.80. The third kappa shape index (κ3) is 6.22. The number of ether oxygens (including phenoxy) is 1. The van der Waals surface area contributed by atoms with Crippen molar-refractivity contribution in [3.63, 3.8) is 0 Å². The Bertz CT molecular complexity index is 472. The fourth-order valence-electron chi connectivity index (χ4n) is 1.24. The second-order valence-corrected chi connectivity index (χ2v) is 3.69. The number of aliphatic hydroxyl groups is 1. The zero-order valence-electron chi connectivity index (χ0n) is 9.93. The average Bonchev–Trinajstić information content (AvgIpc) is 2.31. The Morgan fingerprint density at radius 2 is 2.00 bits per heavy atom. The molecule has 0 amide bonds. The summed E-state index contributed by atoms with van der Waals surface area (Å²) in [6, 6.07) is 3.94. The summed E-state index contributed by atoms with van der Waals surface area (Å²) in [5.41, 5.74) is 0.433. The molecule has 0 spiro atoms. The first kappa shape index (κ1) is 15.5. The first-order valence-electron chi connectivity index (χ1n) is 5.45. The second-order valence-electron chi connectivity index (χ2n) is 3.69. The molecule has 0 saturated heterocycles. The maximum atomic E-state index is 13.5. The largest absolute Gasteiger partial charge is 0.411 e. The molecule has 104 valence electrons. The summed E-state index contributed by atoms with van der Waals surface area (Å²) in [4.78, 5) is 0. The highest BCUT2D eigenvalue weighted by molar-refractivity contribution is 5.36. The highest BCUT2D eigenvalue weighted by Gasteiger charge is 2.27. The van der Waals surface area contributed by atoms with E-state index in [4.69, 9.17) is 5.11 Å². The highest BCUT2D eigenvalue weighted by atomic mass is 19.4. The fourth-order valence-corrected chi connectivity index (χ4v) is 1.24. The van der Waals surface area contributed by atoms with Gasteiger partial charge < -0.3 is 9.84 Å². The van der Waals surface area contributed by atoms with Crippen molar-refractivity contribution in [2.75, 3.05) is 13.2 Å². The molecule has 19 heavy (non-hydrogen) atoms. The number of halogens is 4. The van der Waals surface area contributed by atoms with Gasteiger partial charge in [0.15, 0.2) is 0 Å². The van der Waals surface area contributed by atoms with E-state index in [1.54, 1.807) is 0 Å². The number of hydrogen-bond acceptors (Lipinski definition) is 2. The van der Waals surface area contributed by atoms with Crippen LogP contribution in [0.25, 0.3) is 0 Å². The molecule has 0 unspecified atom stereocenters. The predicted octanol–water partition coefficient (Wildman–Crippen LogP) is 2.64. The molecule has 0 aliphatic rings. The zero-order chi connectivity index (χ0) is 14.3. The predicted molar refractivity (Wildman–Crippen MR) is 60.7 cm³/mol. The van der Waals surface area contributed by atoms with Gasteiger partial charge >= 0.3 is 6.18 Å². The molecule has 1 rings (SSSR count). The lowest BCUT2D eigenvalue weighted by Gasteiger charge is -2.08. The first-order chi connectivity index (χ1) is 8.92. The molecule has 0 heterocycles. The molecule has 1 N–H and O–H groups in total. The van der Waals surface area contributed by atoms with Crippen LogP contribution >= 0.6 is 0 Å². The van der Waals surface area contributed by atoms with Gasteiger partial charge in [-0.15, -0.1) is 0 Å². The summed E-state index contributed by atoms with van der Waals surface area (Å²) >= 11 is 0. The molecule has 1 aromatic carbocycles. The van der Waals surface area contributed by atoms with Gasteiger partial charge in [0.2, 0.25) is 0 Å². The minimum absolute atomic E-state index is 0.0389. The monoisotopic (exact) mass is 276 g/mol. The topological polar surface area (TPSA) is 29.5 Å². The van der Waals surface area contributed by atoms with Crippen LogP contribution in [0.5, 0.6) is 0 Å². The van der Waals surface area contributed by atoms with Crippen molar-refractivity contribution in [3.8, 4) is 11.8 Å². The van der Waals surface area contributed by atoms with Crippen molar-refractivity contribution in [1.29, 1.82) is 0 Å². The van der Waals surface area contributed by atoms with Crippen molar-refractivity contribution in [2.45, 2.75) is 19.2 Å². The van der Waals surface area contributed by atoms with Gasteiger partial charge in [-0.3, -0.25) is 0 Å². The Hall–Kier alpha value is -1.58. The van der Waals surface area contributed by atoms with Crippen LogP contribution in [0.4, 0.5) is 17.6 Å². The van der Waals surface area contributed by atoms with Gasteiger partial charge in [0.05, 0.1) is 13.2 Å². The molecule has 0 aliphatic carbocycles. The molecular formula is C13H12F4O2. The highest BCUT2D eigenvalue weighted by Crippen LogP contribution is 2.17. The van der Waals surface area contributed by atoms with E-state index in [1.807, 2.05) is 0 Å². The Balaban J connectivity index is 2.60. The maximum absolute atomic E-state index is 13.5. The van der Waals surface area contributed by atoms with Crippen molar-refractivity contribution in [3.05, 3.63) is 35.1 Å². The summed E-state index contributed by atoms with van der Waals surface area (Å²) in [6.45, 7) is -1.95. The maximum Gasteiger partial charge on any atom is 0.411 e. The smallest absolute Gasteiger partial charge is 0.395 e. The summed E-state index contributed by atoms with van der Waals surface area (Å²) in [6.07, 6.45) is -4.15. The Labute approximate surface area is 108 Å². The van der Waals surface area contributed by atoms with Crippen molar-refractivity contribution >= 4 is 0 Å². The van der Waals surface area contributed by atoms with Crippen LogP contribution in [0.15, 0.2) is 18.2 Å². The first-order valence-corrected chi connectivity index (χ1v) is 5.45. The van der Waals surface area contributed by atoms with Crippen LogP contribution < -0.4 is 0 Å². The summed E-state index contributed by atoms with van der Waals surface area (Å²) in [5.74, 6) is 4.57. The van der Waals surface area contributed by atoms with Gasteiger partial charge in [0.25, 0.3) is 0 Å². The molecule has 0 saturated carbocycles. The second kappa shape index (κ2) is 7.12. The van der Waals surface area contributed by atoms with E-state index in [9.17, 15) is 17.6 Å². The molecule has 0 aromatic heterocycles. The normalized spacial score (nSPS) is 11.0. The molecule has 0 aliphatic heterocycles. The SMILES string of the molecule is OCCC#Cc1ccc(COCC(F)(F)F)c(F)c1. The van der Waals surface area contributed by atoms with Crippen LogP contribution in [0.3, 0.4) is 0 Å². The van der Waals surface area contributed by atoms with Crippen molar-refractivity contribution < 1.29 is 27.4 Å². The minimum Gasteiger partial charge on any atom is -0.395 e. The lowest BCUT2D eigenvalue weighted by Crippen LogP contribution is -2.17. The van der Waals surface area contributed by atoms with Gasteiger partial charge in [0.1, 0.15) is 12.4 Å². The van der Waals surface area contributed by atoms with E-state index >= 15 is 0 Å². The van der Waals surface area contributed by atoms with E-state index in [0.29, 0.717) is 5.56 Å². The molecule has 6 heteroatoms. The van der Waals surface area contributed by atoms with E-state index in [2.05, 4.69) is 16.6 Å². The van der Waals surface area contributed by atoms with Crippen LogP contribution in [0.2, 0.25) is 0 Å². The molecule has 0 radical (unpaired) electrons. The Morgan fingerprint density at radius 1 is 1.26 bits per heavy atom. The lowest BCUT2D eigenvalue weighted by molar-refractivity contribution is -0.176. The number of rotatable bonds is 4. The van der Waals surface area contributed by atoms with Gasteiger partial charge in [-0.25, -0.2) is 4.39 Å². The zero-order valence-corrected chi connectivity index (χ0v) is 9.93. The number of hydrogen-bond donors (Lipinski definition) is 1. The quantitative estimate of drug-likeness (QED) is 0.676. The fraction of sp³-hybridized carbons (Fsp3) is 0.385. The molecule has 0 bridgehead atoms. The van der Waals surface area contributed by atoms with E-state index in [-0.39, 0.29) is 18.6 Å². The standard InChI is InChI=1S/C13H12F4O2/c14-12-7-10(3-1-2-6-18)4-5-11(12)8-19-9-13(15,16)17/h4-5,7,18H,2,6,8-9H2. The lowest BCUT2D eigenvalue weighted by atomic mass is 10.1. The third-order valence-corrected chi connectivity index (χ3v) is 2.05. The van der Waals surface area contributed by atoms with Gasteiger partial charge in [0, 0.05) is 17.5 Å². The van der Waals surface area contributed by atoms with Gasteiger partial charge in [-0.05, 0) is 12.1 Å². The Morgan fingerprint density at radius 3 is 2.58 bits per heavy atom. The van der Waals surface area contributed by atoms with Gasteiger partial charge in [-0.2, -0.15) is 13.2 Å². The molecule has 2 nitrogen and oxygen atoms in total. The number of aliphatic hydroxyl groups excluding tert-OH is 1. The van der Waals surface area contributed by atoms with E-state index < -0.39 is 25.2 Å². The summed E-state index contributed by atoms with van der Waals surface area (Å²) in [7, 11) is 0. The minimum atomic E-state index is -4.42. The summed E-state index contributed by atoms with van der Waals surface area (Å²) < 4.78 is 53.4. The average molecular weight is 276 g/mol. The van der Waals surface area contributed by atoms with Crippen LogP contribution in [0.1, 0.15) is 17.5 Å². The summed E-state index contributed by atoms with van der Waals surface area (Å²) in [5, 5.41) is 8.52. The van der Waals surface area contributed by atoms with Crippen LogP contribution in [0, 0.1) is 17.7 Å². The van der Waals surface area contributed by atoms with E-state index in [0.717, 1.165) is 6.07 Å². The van der Waals surface area contributed by atoms with Crippen LogP contribution in [-0.2, 0) is 11.3 Å². The van der Waals surface area contributed by atoms with E-state index in [1.165, 1.54) is 12.1 Å². The molecule has 1 aromatic rings. The number of alkyl halides is 3. The molecule has 0 fully saturated rings. The number of benzene rings is 1. The molecular weight excluding hydrogens is 264 g/mol. The van der Waals surface area contributed by atoms with Crippen LogP contribution in [-0.4, -0.2) is 24.5 Å². The van der Waals surface area contributed by atoms with Crippen molar-refractivity contribution in [1.82, 2.24) is 0 Å².